The first-order chi connectivity index (χ1) is 18.4. The third-order valence-corrected chi connectivity index (χ3v) is 7.11. The van der Waals surface area contributed by atoms with E-state index in [0.29, 0.717) is 31.2 Å². The molecular weight excluding hydrogens is 570 g/mol. The first-order valence-corrected chi connectivity index (χ1v) is 14.2. The molecule has 1 unspecified atom stereocenters. The van der Waals surface area contributed by atoms with Crippen LogP contribution in [0.2, 0.25) is 0 Å². The number of amides is 1. The molecule has 3 aromatic rings. The molecule has 3 rings (SSSR count). The smallest absolute Gasteiger partial charge is 0.415 e. The molecule has 7 nitrogen and oxygen atoms in total. The van der Waals surface area contributed by atoms with Crippen LogP contribution >= 0.6 is 27.7 Å². The van der Waals surface area contributed by atoms with Gasteiger partial charge in [0, 0.05) is 28.9 Å². The van der Waals surface area contributed by atoms with Gasteiger partial charge in [0.2, 0.25) is 0 Å². The molecule has 1 atom stereocenters. The molecule has 38 heavy (non-hydrogen) atoms. The number of carbonyl (C=O) groups excluding carboxylic acids is 1. The van der Waals surface area contributed by atoms with Gasteiger partial charge in [0.05, 0.1) is 6.54 Å². The van der Waals surface area contributed by atoms with Crippen LogP contribution in [0.5, 0.6) is 11.5 Å². The highest BCUT2D eigenvalue weighted by Gasteiger charge is 2.18. The topological polar surface area (TPSA) is 85.3 Å². The number of thioether (sulfide) groups is 1. The van der Waals surface area contributed by atoms with Crippen LogP contribution in [0.1, 0.15) is 18.9 Å². The average Bonchev–Trinajstić information content (AvgIpc) is 2.92. The maximum atomic E-state index is 12.9. The standard InChI is InChI=1S/C29H32BrNO6S/c1-2-35-27(28(32)33)21-22-9-13-24(14-10-22)36-19-18-31(17-6-20-38-26-7-4-3-5-8-26)29(34)37-25-15-11-23(30)12-16-25/h3-5,7-16,27H,2,6,17-21H2,1H3,(H,32,33). The van der Waals surface area contributed by atoms with Crippen LogP contribution in [0.3, 0.4) is 0 Å². The van der Waals surface area contributed by atoms with Crippen molar-refractivity contribution in [2.24, 2.45) is 0 Å². The molecule has 9 heteroatoms. The molecule has 1 amide bonds. The van der Waals surface area contributed by atoms with Gasteiger partial charge in [-0.2, -0.15) is 0 Å². The highest BCUT2D eigenvalue weighted by Crippen LogP contribution is 2.20. The third kappa shape index (κ3) is 10.4. The number of hydrogen-bond acceptors (Lipinski definition) is 6. The van der Waals surface area contributed by atoms with E-state index in [9.17, 15) is 14.7 Å². The monoisotopic (exact) mass is 601 g/mol. The minimum Gasteiger partial charge on any atom is -0.492 e. The fourth-order valence-electron chi connectivity index (χ4n) is 3.55. The van der Waals surface area contributed by atoms with Gasteiger partial charge in [0.25, 0.3) is 0 Å². The molecule has 1 N–H and O–H groups in total. The van der Waals surface area contributed by atoms with Gasteiger partial charge in [-0.05, 0) is 73.2 Å². The number of carboxylic acids is 1. The predicted octanol–water partition coefficient (Wildman–Crippen LogP) is 6.54. The van der Waals surface area contributed by atoms with Crippen molar-refractivity contribution in [3.63, 3.8) is 0 Å². The van der Waals surface area contributed by atoms with Gasteiger partial charge in [-0.3, -0.25) is 0 Å². The summed E-state index contributed by atoms with van der Waals surface area (Å²) >= 11 is 5.14. The van der Waals surface area contributed by atoms with Crippen LogP contribution in [0.25, 0.3) is 0 Å². The molecule has 0 aromatic heterocycles. The second kappa shape index (κ2) is 16.1. The highest BCUT2D eigenvalue weighted by molar-refractivity contribution is 9.10. The van der Waals surface area contributed by atoms with Crippen molar-refractivity contribution in [2.45, 2.75) is 30.8 Å². The minimum atomic E-state index is -0.982. The maximum Gasteiger partial charge on any atom is 0.415 e. The van der Waals surface area contributed by atoms with Crippen molar-refractivity contribution >= 4 is 39.8 Å². The lowest BCUT2D eigenvalue weighted by atomic mass is 10.1. The first kappa shape index (κ1) is 29.5. The van der Waals surface area contributed by atoms with E-state index in [-0.39, 0.29) is 13.0 Å². The lowest BCUT2D eigenvalue weighted by molar-refractivity contribution is -0.149. The summed E-state index contributed by atoms with van der Waals surface area (Å²) in [7, 11) is 0. The van der Waals surface area contributed by atoms with Crippen LogP contribution in [-0.2, 0) is 16.0 Å². The zero-order valence-electron chi connectivity index (χ0n) is 21.3. The van der Waals surface area contributed by atoms with Crippen LogP contribution in [0.4, 0.5) is 4.79 Å². The van der Waals surface area contributed by atoms with Crippen LogP contribution in [-0.4, -0.2) is 60.2 Å². The predicted molar refractivity (Wildman–Crippen MR) is 152 cm³/mol. The Morgan fingerprint density at radius 3 is 2.29 bits per heavy atom. The molecule has 0 spiro atoms. The molecule has 0 saturated heterocycles. The summed E-state index contributed by atoms with van der Waals surface area (Å²) in [5.41, 5.74) is 0.841. The molecular formula is C29H32BrNO6S. The van der Waals surface area contributed by atoms with Gasteiger partial charge in [-0.1, -0.05) is 46.3 Å². The molecule has 0 fully saturated rings. The fraction of sp³-hybridized carbons (Fsp3) is 0.310. The van der Waals surface area contributed by atoms with E-state index < -0.39 is 18.2 Å². The number of rotatable bonds is 15. The van der Waals surface area contributed by atoms with Crippen molar-refractivity contribution < 1.29 is 28.9 Å². The summed E-state index contributed by atoms with van der Waals surface area (Å²) in [4.78, 5) is 27.1. The van der Waals surface area contributed by atoms with E-state index in [0.717, 1.165) is 22.2 Å². The molecule has 0 bridgehead atoms. The summed E-state index contributed by atoms with van der Waals surface area (Å²) in [5.74, 6) is 1.00. The molecule has 202 valence electrons. The molecule has 0 aliphatic heterocycles. The Hall–Kier alpha value is -3.01. The summed E-state index contributed by atoms with van der Waals surface area (Å²) in [5, 5.41) is 9.28. The number of carboxylic acid groups (broad SMARTS) is 1. The zero-order chi connectivity index (χ0) is 27.2. The SMILES string of the molecule is CCOC(Cc1ccc(OCCN(CCCSc2ccccc2)C(=O)Oc2ccc(Br)cc2)cc1)C(=O)O. The summed E-state index contributed by atoms with van der Waals surface area (Å²) < 4.78 is 17.6. The van der Waals surface area contributed by atoms with Crippen molar-refractivity contribution in [2.75, 3.05) is 32.1 Å². The third-order valence-electron chi connectivity index (χ3n) is 5.48. The quantitative estimate of drug-likeness (QED) is 0.156. The molecule has 0 aliphatic carbocycles. The van der Waals surface area contributed by atoms with E-state index in [1.165, 1.54) is 4.90 Å². The average molecular weight is 603 g/mol. The van der Waals surface area contributed by atoms with Crippen LogP contribution < -0.4 is 9.47 Å². The van der Waals surface area contributed by atoms with E-state index in [4.69, 9.17) is 14.2 Å². The highest BCUT2D eigenvalue weighted by atomic mass is 79.9. The molecule has 0 saturated carbocycles. The van der Waals surface area contributed by atoms with E-state index >= 15 is 0 Å². The maximum absolute atomic E-state index is 12.9. The van der Waals surface area contributed by atoms with Gasteiger partial charge in [-0.25, -0.2) is 9.59 Å². The lowest BCUT2D eigenvalue weighted by Gasteiger charge is -2.22. The van der Waals surface area contributed by atoms with Gasteiger partial charge < -0.3 is 24.2 Å². The summed E-state index contributed by atoms with van der Waals surface area (Å²) in [6.45, 7) is 3.29. The van der Waals surface area contributed by atoms with Crippen molar-refractivity contribution in [3.05, 3.63) is 88.9 Å². The number of halogens is 1. The number of aliphatic carboxylic acids is 1. The Kier molecular flexibility index (Phi) is 12.5. The minimum absolute atomic E-state index is 0.278. The Labute approximate surface area is 236 Å². The largest absolute Gasteiger partial charge is 0.492 e. The fourth-order valence-corrected chi connectivity index (χ4v) is 4.68. The second-order valence-electron chi connectivity index (χ2n) is 8.30. The number of ether oxygens (including phenoxy) is 3. The Balaban J connectivity index is 1.53. The van der Waals surface area contributed by atoms with Crippen molar-refractivity contribution in [1.82, 2.24) is 4.90 Å². The lowest BCUT2D eigenvalue weighted by Crippen LogP contribution is -2.37. The van der Waals surface area contributed by atoms with Gasteiger partial charge >= 0.3 is 12.1 Å². The number of carbonyl (C=O) groups is 2. The first-order valence-electron chi connectivity index (χ1n) is 12.4. The molecule has 0 aliphatic rings. The number of hydrogen-bond donors (Lipinski definition) is 1. The van der Waals surface area contributed by atoms with Gasteiger partial charge in [0.1, 0.15) is 18.1 Å². The zero-order valence-corrected chi connectivity index (χ0v) is 23.7. The normalized spacial score (nSPS) is 11.5. The summed E-state index contributed by atoms with van der Waals surface area (Å²) in [6, 6.07) is 24.5. The van der Waals surface area contributed by atoms with Crippen LogP contribution in [0.15, 0.2) is 88.2 Å². The van der Waals surface area contributed by atoms with Crippen LogP contribution in [0, 0.1) is 0 Å². The van der Waals surface area contributed by atoms with E-state index in [1.54, 1.807) is 47.9 Å². The molecule has 0 heterocycles. The van der Waals surface area contributed by atoms with Gasteiger partial charge in [0.15, 0.2) is 6.10 Å². The number of nitrogens with zero attached hydrogens (tertiary/aromatic N) is 1. The van der Waals surface area contributed by atoms with E-state index in [1.807, 2.05) is 42.5 Å². The molecule has 0 radical (unpaired) electrons. The van der Waals surface area contributed by atoms with Crippen molar-refractivity contribution in [3.8, 4) is 11.5 Å². The Morgan fingerprint density at radius 2 is 1.63 bits per heavy atom. The summed E-state index contributed by atoms with van der Waals surface area (Å²) in [6.07, 6.45) is -0.224. The second-order valence-corrected chi connectivity index (χ2v) is 10.4. The Morgan fingerprint density at radius 1 is 0.947 bits per heavy atom. The Bertz CT molecular complexity index is 1130. The van der Waals surface area contributed by atoms with Crippen molar-refractivity contribution in [1.29, 1.82) is 0 Å². The number of benzene rings is 3. The van der Waals surface area contributed by atoms with Gasteiger partial charge in [-0.15, -0.1) is 11.8 Å². The van der Waals surface area contributed by atoms with E-state index in [2.05, 4.69) is 28.1 Å². The molecule has 3 aromatic carbocycles.